The maximum Gasteiger partial charge on any atom is 0.322 e. The molecule has 3 amide bonds. The van der Waals surface area contributed by atoms with Crippen LogP contribution in [0.3, 0.4) is 0 Å². The number of anilines is 1. The number of nitrogens with one attached hydrogen (secondary N) is 2. The van der Waals surface area contributed by atoms with Gasteiger partial charge in [0.15, 0.2) is 5.82 Å². The van der Waals surface area contributed by atoms with Crippen molar-refractivity contribution >= 4 is 17.8 Å². The fraction of sp³-hybridized carbons (Fsp3) is 0.286. The highest BCUT2D eigenvalue weighted by molar-refractivity contribution is 5.87. The van der Waals surface area contributed by atoms with Gasteiger partial charge in [0.25, 0.3) is 0 Å². The first-order valence-electron chi connectivity index (χ1n) is 6.73. The molecule has 0 unspecified atom stereocenters. The van der Waals surface area contributed by atoms with Gasteiger partial charge < -0.3 is 10.2 Å². The summed E-state index contributed by atoms with van der Waals surface area (Å²) in [6.07, 6.45) is 1.50. The van der Waals surface area contributed by atoms with Crippen LogP contribution in [-0.2, 0) is 17.9 Å². The Hall–Kier alpha value is -2.90. The van der Waals surface area contributed by atoms with Crippen molar-refractivity contribution < 1.29 is 9.59 Å². The first-order valence-corrected chi connectivity index (χ1v) is 6.73. The highest BCUT2D eigenvalue weighted by Gasteiger charge is 2.09. The summed E-state index contributed by atoms with van der Waals surface area (Å²) in [5.74, 6) is 0.119. The van der Waals surface area contributed by atoms with E-state index in [0.717, 1.165) is 5.56 Å². The average molecular weight is 302 g/mol. The Morgan fingerprint density at radius 3 is 2.64 bits per heavy atom. The van der Waals surface area contributed by atoms with Crippen LogP contribution >= 0.6 is 0 Å². The van der Waals surface area contributed by atoms with E-state index < -0.39 is 0 Å². The van der Waals surface area contributed by atoms with Gasteiger partial charge >= 0.3 is 6.03 Å². The number of hydrogen-bond donors (Lipinski definition) is 2. The van der Waals surface area contributed by atoms with E-state index in [1.165, 1.54) is 15.8 Å². The largest absolute Gasteiger partial charge is 0.350 e. The maximum atomic E-state index is 11.8. The third-order valence-corrected chi connectivity index (χ3v) is 2.82. The lowest BCUT2D eigenvalue weighted by molar-refractivity contribution is -0.122. The minimum Gasteiger partial charge on any atom is -0.350 e. The molecule has 0 fully saturated rings. The molecule has 0 aliphatic heterocycles. The fourth-order valence-electron chi connectivity index (χ4n) is 1.65. The topological polar surface area (TPSA) is 92.2 Å². The zero-order valence-corrected chi connectivity index (χ0v) is 12.5. The zero-order chi connectivity index (χ0) is 15.9. The van der Waals surface area contributed by atoms with Crippen molar-refractivity contribution in [1.29, 1.82) is 0 Å². The van der Waals surface area contributed by atoms with Crippen molar-refractivity contribution in [2.24, 2.45) is 0 Å². The SMILES string of the molecule is CN(C)C(=O)Nc1cn(CC(=O)NCc2ccccc2)nn1. The lowest BCUT2D eigenvalue weighted by atomic mass is 10.2. The van der Waals surface area contributed by atoms with Crippen molar-refractivity contribution in [1.82, 2.24) is 25.2 Å². The summed E-state index contributed by atoms with van der Waals surface area (Å²) in [7, 11) is 3.24. The second kappa shape index (κ2) is 7.21. The minimum absolute atomic E-state index is 0.0394. The van der Waals surface area contributed by atoms with Crippen LogP contribution in [0.5, 0.6) is 0 Å². The predicted octanol–water partition coefficient (Wildman–Crippen LogP) is 0.688. The van der Waals surface area contributed by atoms with Crippen molar-refractivity contribution in [2.75, 3.05) is 19.4 Å². The van der Waals surface area contributed by atoms with E-state index in [1.807, 2.05) is 30.3 Å². The van der Waals surface area contributed by atoms with Gasteiger partial charge in [-0.05, 0) is 5.56 Å². The Bertz CT molecular complexity index is 638. The first kappa shape index (κ1) is 15.5. The molecule has 0 atom stereocenters. The first-order chi connectivity index (χ1) is 10.5. The normalized spacial score (nSPS) is 10.1. The summed E-state index contributed by atoms with van der Waals surface area (Å²) in [5, 5.41) is 12.9. The van der Waals surface area contributed by atoms with Crippen LogP contribution in [0.2, 0.25) is 0 Å². The Balaban J connectivity index is 1.82. The second-order valence-electron chi connectivity index (χ2n) is 4.89. The summed E-state index contributed by atoms with van der Waals surface area (Å²) in [6, 6.07) is 9.32. The number of hydrogen-bond acceptors (Lipinski definition) is 4. The Kier molecular flexibility index (Phi) is 5.07. The van der Waals surface area contributed by atoms with Crippen LogP contribution in [0, 0.1) is 0 Å². The third kappa shape index (κ3) is 4.58. The van der Waals surface area contributed by atoms with Crippen molar-refractivity contribution in [3.05, 3.63) is 42.1 Å². The van der Waals surface area contributed by atoms with Crippen LogP contribution in [0.25, 0.3) is 0 Å². The van der Waals surface area contributed by atoms with Crippen LogP contribution < -0.4 is 10.6 Å². The Morgan fingerprint density at radius 2 is 1.95 bits per heavy atom. The molecule has 0 aliphatic rings. The molecule has 0 spiro atoms. The molecular weight excluding hydrogens is 284 g/mol. The Morgan fingerprint density at radius 1 is 1.23 bits per heavy atom. The molecule has 1 heterocycles. The van der Waals surface area contributed by atoms with Gasteiger partial charge in [0, 0.05) is 20.6 Å². The Labute approximate surface area is 128 Å². The van der Waals surface area contributed by atoms with Crippen LogP contribution in [-0.4, -0.2) is 45.9 Å². The average Bonchev–Trinajstić information content (AvgIpc) is 2.93. The number of nitrogens with zero attached hydrogens (tertiary/aromatic N) is 4. The van der Waals surface area contributed by atoms with Crippen LogP contribution in [0.15, 0.2) is 36.5 Å². The molecule has 8 nitrogen and oxygen atoms in total. The molecule has 0 saturated heterocycles. The number of benzene rings is 1. The molecule has 8 heteroatoms. The molecule has 0 radical (unpaired) electrons. The summed E-state index contributed by atoms with van der Waals surface area (Å²) < 4.78 is 1.37. The van der Waals surface area contributed by atoms with E-state index in [4.69, 9.17) is 0 Å². The molecule has 0 aliphatic carbocycles. The van der Waals surface area contributed by atoms with E-state index in [-0.39, 0.29) is 18.5 Å². The van der Waals surface area contributed by atoms with Gasteiger partial charge in [0.05, 0.1) is 6.20 Å². The number of amides is 3. The quantitative estimate of drug-likeness (QED) is 0.850. The fourth-order valence-corrected chi connectivity index (χ4v) is 1.65. The number of carbonyl (C=O) groups excluding carboxylic acids is 2. The van der Waals surface area contributed by atoms with Gasteiger partial charge in [-0.15, -0.1) is 5.10 Å². The van der Waals surface area contributed by atoms with Gasteiger partial charge in [-0.25, -0.2) is 9.48 Å². The zero-order valence-electron chi connectivity index (χ0n) is 12.5. The van der Waals surface area contributed by atoms with E-state index in [1.54, 1.807) is 14.1 Å². The van der Waals surface area contributed by atoms with E-state index in [0.29, 0.717) is 12.4 Å². The molecule has 116 valence electrons. The van der Waals surface area contributed by atoms with E-state index in [9.17, 15) is 9.59 Å². The third-order valence-electron chi connectivity index (χ3n) is 2.82. The molecule has 22 heavy (non-hydrogen) atoms. The van der Waals surface area contributed by atoms with Gasteiger partial charge in [0.1, 0.15) is 6.54 Å². The molecule has 2 aromatic rings. The summed E-state index contributed by atoms with van der Waals surface area (Å²) in [4.78, 5) is 24.7. The van der Waals surface area contributed by atoms with Crippen LogP contribution in [0.4, 0.5) is 10.6 Å². The summed E-state index contributed by atoms with van der Waals surface area (Å²) >= 11 is 0. The number of urea groups is 1. The van der Waals surface area contributed by atoms with Crippen molar-refractivity contribution in [3.8, 4) is 0 Å². The monoisotopic (exact) mass is 302 g/mol. The van der Waals surface area contributed by atoms with Crippen molar-refractivity contribution in [2.45, 2.75) is 13.1 Å². The molecule has 0 saturated carbocycles. The standard InChI is InChI=1S/C14H18N6O2/c1-19(2)14(22)16-12-9-20(18-17-12)10-13(21)15-8-11-6-4-3-5-7-11/h3-7,9H,8,10H2,1-2H3,(H,15,21)(H,16,22). The lowest BCUT2D eigenvalue weighted by Gasteiger charge is -2.09. The van der Waals surface area contributed by atoms with Crippen LogP contribution in [0.1, 0.15) is 5.56 Å². The van der Waals surface area contributed by atoms with Gasteiger partial charge in [-0.2, -0.15) is 0 Å². The molecule has 2 rings (SSSR count). The van der Waals surface area contributed by atoms with Gasteiger partial charge in [0.2, 0.25) is 5.91 Å². The molecule has 0 bridgehead atoms. The van der Waals surface area contributed by atoms with Crippen molar-refractivity contribution in [3.63, 3.8) is 0 Å². The molecular formula is C14H18N6O2. The molecule has 1 aromatic carbocycles. The van der Waals surface area contributed by atoms with E-state index in [2.05, 4.69) is 20.9 Å². The smallest absolute Gasteiger partial charge is 0.322 e. The van der Waals surface area contributed by atoms with Gasteiger partial charge in [-0.1, -0.05) is 35.5 Å². The maximum absolute atomic E-state index is 11.8. The number of rotatable bonds is 5. The second-order valence-corrected chi connectivity index (χ2v) is 4.89. The molecule has 2 N–H and O–H groups in total. The number of aromatic nitrogens is 3. The summed E-state index contributed by atoms with van der Waals surface area (Å²) in [5.41, 5.74) is 1.02. The van der Waals surface area contributed by atoms with Gasteiger partial charge in [-0.3, -0.25) is 10.1 Å². The predicted molar refractivity (Wildman–Crippen MR) is 81.0 cm³/mol. The minimum atomic E-state index is -0.305. The summed E-state index contributed by atoms with van der Waals surface area (Å²) in [6.45, 7) is 0.496. The van der Waals surface area contributed by atoms with E-state index >= 15 is 0 Å². The lowest BCUT2D eigenvalue weighted by Crippen LogP contribution is -2.27. The highest BCUT2D eigenvalue weighted by atomic mass is 16.2. The molecule has 1 aromatic heterocycles. The highest BCUT2D eigenvalue weighted by Crippen LogP contribution is 2.01. The number of carbonyl (C=O) groups is 2.